The second kappa shape index (κ2) is 9.52. The summed E-state index contributed by atoms with van der Waals surface area (Å²) in [5.74, 6) is -0.0212. The minimum Gasteiger partial charge on any atom is -0.336 e. The molecule has 36 heavy (non-hydrogen) atoms. The third-order valence-electron chi connectivity index (χ3n) is 6.41. The van der Waals surface area contributed by atoms with Gasteiger partial charge in [0.1, 0.15) is 5.69 Å². The number of carbonyl (C=O) groups is 1. The van der Waals surface area contributed by atoms with Gasteiger partial charge in [0, 0.05) is 62.1 Å². The average molecular weight is 497 g/mol. The van der Waals surface area contributed by atoms with Crippen LogP contribution in [0.1, 0.15) is 16.1 Å². The van der Waals surface area contributed by atoms with E-state index in [1.807, 2.05) is 77.1 Å². The molecule has 1 aliphatic heterocycles. The van der Waals surface area contributed by atoms with Crippen LogP contribution in [0.15, 0.2) is 89.3 Å². The van der Waals surface area contributed by atoms with Gasteiger partial charge in [-0.15, -0.1) is 11.3 Å². The largest absolute Gasteiger partial charge is 0.336 e. The first-order valence-corrected chi connectivity index (χ1v) is 12.7. The molecule has 1 amide bonds. The Bertz CT molecular complexity index is 1570. The molecule has 9 heteroatoms. The molecule has 2 aromatic carbocycles. The number of piperazine rings is 1. The Hall–Kier alpha value is -4.08. The predicted molar refractivity (Wildman–Crippen MR) is 140 cm³/mol. The summed E-state index contributed by atoms with van der Waals surface area (Å²) in [4.78, 5) is 35.4. The van der Waals surface area contributed by atoms with Crippen LogP contribution in [-0.4, -0.2) is 61.1 Å². The van der Waals surface area contributed by atoms with Crippen molar-refractivity contribution in [2.75, 3.05) is 26.2 Å². The van der Waals surface area contributed by atoms with E-state index in [1.165, 1.54) is 11.3 Å². The van der Waals surface area contributed by atoms with Crippen molar-refractivity contribution in [1.82, 2.24) is 29.0 Å². The van der Waals surface area contributed by atoms with E-state index in [0.717, 1.165) is 16.9 Å². The summed E-state index contributed by atoms with van der Waals surface area (Å²) in [5.41, 5.74) is 3.80. The lowest BCUT2D eigenvalue weighted by atomic mass is 10.1. The molecule has 8 nitrogen and oxygen atoms in total. The lowest BCUT2D eigenvalue weighted by Gasteiger charge is -2.34. The van der Waals surface area contributed by atoms with Crippen molar-refractivity contribution < 1.29 is 4.79 Å². The normalized spacial score (nSPS) is 14.4. The van der Waals surface area contributed by atoms with Crippen molar-refractivity contribution >= 4 is 22.2 Å². The van der Waals surface area contributed by atoms with Gasteiger partial charge in [0.25, 0.3) is 11.5 Å². The Morgan fingerprint density at radius 1 is 0.944 bits per heavy atom. The van der Waals surface area contributed by atoms with E-state index in [1.54, 1.807) is 21.3 Å². The van der Waals surface area contributed by atoms with Crippen molar-refractivity contribution in [1.29, 1.82) is 0 Å². The van der Waals surface area contributed by atoms with E-state index in [9.17, 15) is 9.59 Å². The summed E-state index contributed by atoms with van der Waals surface area (Å²) < 4.78 is 3.33. The van der Waals surface area contributed by atoms with Crippen LogP contribution >= 0.6 is 11.3 Å². The highest BCUT2D eigenvalue weighted by molar-refractivity contribution is 7.15. The molecule has 0 radical (unpaired) electrons. The number of benzene rings is 2. The number of amides is 1. The van der Waals surface area contributed by atoms with Crippen LogP contribution in [0.4, 0.5) is 0 Å². The molecule has 180 valence electrons. The maximum Gasteiger partial charge on any atom is 0.258 e. The maximum absolute atomic E-state index is 13.7. The lowest BCUT2D eigenvalue weighted by molar-refractivity contribution is 0.0628. The van der Waals surface area contributed by atoms with E-state index < -0.39 is 0 Å². The molecule has 5 aromatic rings. The Kier molecular flexibility index (Phi) is 5.92. The van der Waals surface area contributed by atoms with Gasteiger partial charge in [0.05, 0.1) is 16.9 Å². The van der Waals surface area contributed by atoms with Crippen LogP contribution in [0, 0.1) is 0 Å². The first kappa shape index (κ1) is 22.4. The van der Waals surface area contributed by atoms with Crippen molar-refractivity contribution in [3.63, 3.8) is 0 Å². The minimum absolute atomic E-state index is 0.0212. The van der Waals surface area contributed by atoms with Gasteiger partial charge in [-0.2, -0.15) is 5.10 Å². The molecular formula is C27H24N6O2S. The van der Waals surface area contributed by atoms with Gasteiger partial charge in [0.15, 0.2) is 4.96 Å². The van der Waals surface area contributed by atoms with Crippen LogP contribution in [0.3, 0.4) is 0 Å². The maximum atomic E-state index is 13.7. The third-order valence-corrected chi connectivity index (χ3v) is 7.17. The zero-order valence-electron chi connectivity index (χ0n) is 19.5. The van der Waals surface area contributed by atoms with E-state index in [0.29, 0.717) is 48.9 Å². The number of hydrogen-bond acceptors (Lipinski definition) is 6. The van der Waals surface area contributed by atoms with Crippen LogP contribution in [0.5, 0.6) is 0 Å². The third kappa shape index (κ3) is 4.34. The molecule has 0 atom stereocenters. The van der Waals surface area contributed by atoms with Gasteiger partial charge in [-0.1, -0.05) is 48.5 Å². The Morgan fingerprint density at radius 3 is 2.42 bits per heavy atom. The molecule has 1 saturated heterocycles. The summed E-state index contributed by atoms with van der Waals surface area (Å²) in [6.07, 6.45) is 3.58. The number of thiazole rings is 1. The molecule has 4 heterocycles. The minimum atomic E-state index is -0.0612. The number of carbonyl (C=O) groups excluding carboxylic acids is 1. The van der Waals surface area contributed by atoms with Crippen LogP contribution < -0.4 is 5.56 Å². The molecule has 0 spiro atoms. The van der Waals surface area contributed by atoms with Crippen molar-refractivity contribution in [2.45, 2.75) is 6.54 Å². The Morgan fingerprint density at radius 2 is 1.67 bits per heavy atom. The zero-order valence-corrected chi connectivity index (χ0v) is 20.3. The van der Waals surface area contributed by atoms with Crippen molar-refractivity contribution in [2.24, 2.45) is 0 Å². The lowest BCUT2D eigenvalue weighted by Crippen LogP contribution is -2.48. The Balaban J connectivity index is 1.20. The van der Waals surface area contributed by atoms with E-state index in [-0.39, 0.29) is 11.5 Å². The fourth-order valence-electron chi connectivity index (χ4n) is 4.53. The number of hydrogen-bond donors (Lipinski definition) is 0. The second-order valence-corrected chi connectivity index (χ2v) is 9.62. The number of para-hydroxylation sites is 1. The highest BCUT2D eigenvalue weighted by Gasteiger charge is 2.27. The molecule has 0 aliphatic carbocycles. The standard InChI is InChI=1S/C27H24N6O2S/c34-24-17-21(28-27-32(24)15-16-36-27)18-30-11-13-31(14-12-30)26(35)23-19-33(22-9-5-2-6-10-22)29-25(23)20-7-3-1-4-8-20/h1-10,15-17,19H,11-14,18H2. The molecule has 1 fully saturated rings. The average Bonchev–Trinajstić information content (AvgIpc) is 3.58. The SMILES string of the molecule is O=C(c1cn(-c2ccccc2)nc1-c1ccccc1)N1CCN(Cc2cc(=O)n3ccsc3n2)CC1. The van der Waals surface area contributed by atoms with Gasteiger partial charge in [0.2, 0.25) is 0 Å². The van der Waals surface area contributed by atoms with Crippen LogP contribution in [0.2, 0.25) is 0 Å². The summed E-state index contributed by atoms with van der Waals surface area (Å²) >= 11 is 1.45. The number of aromatic nitrogens is 4. The van der Waals surface area contributed by atoms with Gasteiger partial charge < -0.3 is 4.90 Å². The first-order valence-electron chi connectivity index (χ1n) is 11.8. The van der Waals surface area contributed by atoms with Crippen LogP contribution in [0.25, 0.3) is 21.9 Å². The molecular weight excluding hydrogens is 472 g/mol. The molecule has 0 bridgehead atoms. The van der Waals surface area contributed by atoms with Gasteiger partial charge in [-0.3, -0.25) is 18.9 Å². The Labute approximate surface area is 211 Å². The quantitative estimate of drug-likeness (QED) is 0.372. The molecule has 0 N–H and O–H groups in total. The second-order valence-electron chi connectivity index (χ2n) is 8.75. The van der Waals surface area contributed by atoms with Gasteiger partial charge >= 0.3 is 0 Å². The van der Waals surface area contributed by atoms with E-state index in [4.69, 9.17) is 5.10 Å². The fraction of sp³-hybridized carbons (Fsp3) is 0.185. The van der Waals surface area contributed by atoms with E-state index >= 15 is 0 Å². The molecule has 1 aliphatic rings. The summed E-state index contributed by atoms with van der Waals surface area (Å²) in [5, 5.41) is 6.65. The molecule has 0 saturated carbocycles. The topological polar surface area (TPSA) is 75.7 Å². The van der Waals surface area contributed by atoms with Gasteiger partial charge in [-0.25, -0.2) is 9.67 Å². The predicted octanol–water partition coefficient (Wildman–Crippen LogP) is 3.57. The zero-order chi connectivity index (χ0) is 24.5. The van der Waals surface area contributed by atoms with Crippen molar-refractivity contribution in [3.05, 3.63) is 106 Å². The number of fused-ring (bicyclic) bond motifs is 1. The highest BCUT2D eigenvalue weighted by Crippen LogP contribution is 2.25. The number of nitrogens with zero attached hydrogens (tertiary/aromatic N) is 6. The van der Waals surface area contributed by atoms with Gasteiger partial charge in [-0.05, 0) is 12.1 Å². The fourth-order valence-corrected chi connectivity index (χ4v) is 5.27. The molecule has 6 rings (SSSR count). The first-order chi connectivity index (χ1) is 17.7. The summed E-state index contributed by atoms with van der Waals surface area (Å²) in [6.45, 7) is 3.22. The summed E-state index contributed by atoms with van der Waals surface area (Å²) in [7, 11) is 0. The smallest absolute Gasteiger partial charge is 0.258 e. The van der Waals surface area contributed by atoms with Crippen molar-refractivity contribution in [3.8, 4) is 16.9 Å². The monoisotopic (exact) mass is 496 g/mol. The summed E-state index contributed by atoms with van der Waals surface area (Å²) in [6, 6.07) is 21.2. The van der Waals surface area contributed by atoms with E-state index in [2.05, 4.69) is 9.88 Å². The number of rotatable bonds is 5. The highest BCUT2D eigenvalue weighted by atomic mass is 32.1. The van der Waals surface area contributed by atoms with Crippen LogP contribution in [-0.2, 0) is 6.54 Å². The molecule has 3 aromatic heterocycles. The molecule has 0 unspecified atom stereocenters.